The molecule has 1 heterocycles. The summed E-state index contributed by atoms with van der Waals surface area (Å²) in [5.74, 6) is -0.437. The van der Waals surface area contributed by atoms with Crippen LogP contribution in [-0.4, -0.2) is 11.0 Å². The van der Waals surface area contributed by atoms with Gasteiger partial charge in [-0.05, 0) is 36.4 Å². The Kier molecular flexibility index (Phi) is 5.86. The van der Waals surface area contributed by atoms with Crippen LogP contribution in [0.5, 0.6) is 0 Å². The Morgan fingerprint density at radius 1 is 0.966 bits per heavy atom. The summed E-state index contributed by atoms with van der Waals surface area (Å²) < 4.78 is 6.52. The highest BCUT2D eigenvalue weighted by molar-refractivity contribution is 9.10. The molecule has 0 atom stereocenters. The molecular weight excluding hydrogens is 473 g/mol. The Balaban J connectivity index is 1.69. The third-order valence-electron chi connectivity index (χ3n) is 4.45. The molecule has 0 bridgehead atoms. The van der Waals surface area contributed by atoms with Crippen LogP contribution in [0.4, 0.5) is 0 Å². The number of rotatable bonds is 4. The van der Waals surface area contributed by atoms with E-state index in [9.17, 15) is 4.79 Å². The number of esters is 1. The van der Waals surface area contributed by atoms with Crippen molar-refractivity contribution in [3.63, 3.8) is 0 Å². The first-order chi connectivity index (χ1) is 14.0. The maximum atomic E-state index is 12.9. The lowest BCUT2D eigenvalue weighted by molar-refractivity contribution is 0.0475. The second-order valence-electron chi connectivity index (χ2n) is 6.39. The number of aromatic nitrogens is 1. The highest BCUT2D eigenvalue weighted by Gasteiger charge is 2.16. The van der Waals surface area contributed by atoms with Gasteiger partial charge < -0.3 is 4.74 Å². The number of hydrogen-bond acceptors (Lipinski definition) is 3. The van der Waals surface area contributed by atoms with E-state index in [0.29, 0.717) is 26.9 Å². The van der Waals surface area contributed by atoms with Crippen LogP contribution in [0, 0.1) is 0 Å². The summed E-state index contributed by atoms with van der Waals surface area (Å²) in [6, 6.07) is 22.1. The zero-order valence-electron chi connectivity index (χ0n) is 15.0. The normalized spacial score (nSPS) is 10.9. The number of halogens is 3. The van der Waals surface area contributed by atoms with E-state index in [4.69, 9.17) is 32.9 Å². The molecule has 3 aromatic carbocycles. The molecule has 29 heavy (non-hydrogen) atoms. The Morgan fingerprint density at radius 2 is 1.72 bits per heavy atom. The number of para-hydroxylation sites is 1. The third-order valence-corrected chi connectivity index (χ3v) is 5.57. The van der Waals surface area contributed by atoms with Crippen molar-refractivity contribution < 1.29 is 9.53 Å². The number of benzene rings is 3. The van der Waals surface area contributed by atoms with Gasteiger partial charge in [0.25, 0.3) is 0 Å². The number of carbonyl (C=O) groups is 1. The van der Waals surface area contributed by atoms with E-state index >= 15 is 0 Å². The SMILES string of the molecule is O=C(OCc1ccc(Cl)cc1Cl)c1cc(-c2ccc(Br)cc2)nc2ccccc12. The lowest BCUT2D eigenvalue weighted by Crippen LogP contribution is -2.07. The first-order valence-electron chi connectivity index (χ1n) is 8.78. The molecule has 144 valence electrons. The molecule has 0 aliphatic rings. The van der Waals surface area contributed by atoms with Crippen molar-refractivity contribution in [3.05, 3.63) is 98.4 Å². The molecular formula is C23H14BrCl2NO2. The second kappa shape index (κ2) is 8.54. The van der Waals surface area contributed by atoms with Crippen LogP contribution in [0.15, 0.2) is 77.3 Å². The molecule has 4 aromatic rings. The minimum Gasteiger partial charge on any atom is -0.457 e. The molecule has 0 saturated heterocycles. The van der Waals surface area contributed by atoms with E-state index in [1.807, 2.05) is 48.5 Å². The number of nitrogens with zero attached hydrogens (tertiary/aromatic N) is 1. The first-order valence-corrected chi connectivity index (χ1v) is 10.3. The number of hydrogen-bond donors (Lipinski definition) is 0. The van der Waals surface area contributed by atoms with Crippen molar-refractivity contribution in [2.24, 2.45) is 0 Å². The standard InChI is InChI=1S/C23H14BrCl2NO2/c24-16-8-5-14(6-9-16)22-12-19(18-3-1-2-4-21(18)27-22)23(28)29-13-15-7-10-17(25)11-20(15)26/h1-12H,13H2. The average molecular weight is 487 g/mol. The van der Waals surface area contributed by atoms with Crippen LogP contribution in [0.1, 0.15) is 15.9 Å². The van der Waals surface area contributed by atoms with E-state index in [2.05, 4.69) is 15.9 Å². The quantitative estimate of drug-likeness (QED) is 0.283. The van der Waals surface area contributed by atoms with Crippen LogP contribution in [0.3, 0.4) is 0 Å². The molecule has 0 radical (unpaired) electrons. The van der Waals surface area contributed by atoms with Gasteiger partial charge in [-0.15, -0.1) is 0 Å². The van der Waals surface area contributed by atoms with Gasteiger partial charge in [0.1, 0.15) is 6.61 Å². The number of carbonyl (C=O) groups excluding carboxylic acids is 1. The van der Waals surface area contributed by atoms with Gasteiger partial charge in [0.05, 0.1) is 16.8 Å². The molecule has 1 aromatic heterocycles. The minimum absolute atomic E-state index is 0.0547. The molecule has 0 fully saturated rings. The lowest BCUT2D eigenvalue weighted by Gasteiger charge is -2.11. The molecule has 0 N–H and O–H groups in total. The molecule has 0 unspecified atom stereocenters. The Hall–Kier alpha value is -2.40. The van der Waals surface area contributed by atoms with Gasteiger partial charge in [0, 0.05) is 31.0 Å². The van der Waals surface area contributed by atoms with E-state index in [1.54, 1.807) is 24.3 Å². The molecule has 0 aliphatic heterocycles. The van der Waals surface area contributed by atoms with Crippen molar-refractivity contribution >= 4 is 56.0 Å². The van der Waals surface area contributed by atoms with Gasteiger partial charge >= 0.3 is 5.97 Å². The van der Waals surface area contributed by atoms with Gasteiger partial charge in [-0.1, -0.05) is 75.5 Å². The lowest BCUT2D eigenvalue weighted by atomic mass is 10.0. The van der Waals surface area contributed by atoms with Gasteiger partial charge in [-0.25, -0.2) is 9.78 Å². The zero-order chi connectivity index (χ0) is 20.4. The van der Waals surface area contributed by atoms with Crippen molar-refractivity contribution in [3.8, 4) is 11.3 Å². The monoisotopic (exact) mass is 485 g/mol. The molecule has 0 saturated carbocycles. The summed E-state index contributed by atoms with van der Waals surface area (Å²) in [5, 5.41) is 1.73. The second-order valence-corrected chi connectivity index (χ2v) is 8.15. The van der Waals surface area contributed by atoms with Crippen molar-refractivity contribution in [2.45, 2.75) is 6.61 Å². The van der Waals surface area contributed by atoms with Crippen molar-refractivity contribution in [2.75, 3.05) is 0 Å². The van der Waals surface area contributed by atoms with Crippen LogP contribution < -0.4 is 0 Å². The predicted octanol–water partition coefficient (Wildman–Crippen LogP) is 7.33. The van der Waals surface area contributed by atoms with E-state index < -0.39 is 5.97 Å². The Labute approximate surface area is 186 Å². The number of pyridine rings is 1. The largest absolute Gasteiger partial charge is 0.457 e. The molecule has 0 spiro atoms. The number of fused-ring (bicyclic) bond motifs is 1. The highest BCUT2D eigenvalue weighted by atomic mass is 79.9. The van der Waals surface area contributed by atoms with Crippen molar-refractivity contribution in [1.29, 1.82) is 0 Å². The minimum atomic E-state index is -0.437. The highest BCUT2D eigenvalue weighted by Crippen LogP contribution is 2.27. The summed E-state index contributed by atoms with van der Waals surface area (Å²) in [6.07, 6.45) is 0. The molecule has 0 amide bonds. The predicted molar refractivity (Wildman–Crippen MR) is 120 cm³/mol. The number of ether oxygens (including phenoxy) is 1. The fourth-order valence-corrected chi connectivity index (χ4v) is 3.70. The third kappa shape index (κ3) is 4.45. The van der Waals surface area contributed by atoms with E-state index in [0.717, 1.165) is 20.9 Å². The van der Waals surface area contributed by atoms with Crippen molar-refractivity contribution in [1.82, 2.24) is 4.98 Å². The fourth-order valence-electron chi connectivity index (χ4n) is 2.97. The van der Waals surface area contributed by atoms with E-state index in [1.165, 1.54) is 0 Å². The topological polar surface area (TPSA) is 39.2 Å². The van der Waals surface area contributed by atoms with Gasteiger partial charge in [0.15, 0.2) is 0 Å². The Bertz CT molecular complexity index is 1210. The summed E-state index contributed by atoms with van der Waals surface area (Å²) in [7, 11) is 0. The zero-order valence-corrected chi connectivity index (χ0v) is 18.1. The molecule has 0 aliphatic carbocycles. The van der Waals surface area contributed by atoms with Crippen LogP contribution in [-0.2, 0) is 11.3 Å². The van der Waals surface area contributed by atoms with Crippen LogP contribution in [0.25, 0.3) is 22.2 Å². The average Bonchev–Trinajstić information content (AvgIpc) is 2.72. The maximum Gasteiger partial charge on any atom is 0.339 e. The molecule has 6 heteroatoms. The van der Waals surface area contributed by atoms with Gasteiger partial charge in [-0.3, -0.25) is 0 Å². The summed E-state index contributed by atoms with van der Waals surface area (Å²) in [4.78, 5) is 17.6. The molecule has 4 rings (SSSR count). The molecule has 3 nitrogen and oxygen atoms in total. The summed E-state index contributed by atoms with van der Waals surface area (Å²) in [6.45, 7) is 0.0547. The summed E-state index contributed by atoms with van der Waals surface area (Å²) in [5.41, 5.74) is 3.49. The summed E-state index contributed by atoms with van der Waals surface area (Å²) >= 11 is 15.5. The smallest absolute Gasteiger partial charge is 0.339 e. The van der Waals surface area contributed by atoms with Gasteiger partial charge in [0.2, 0.25) is 0 Å². The van der Waals surface area contributed by atoms with Crippen LogP contribution >= 0.6 is 39.1 Å². The Morgan fingerprint density at radius 3 is 2.48 bits per heavy atom. The fraction of sp³-hybridized carbons (Fsp3) is 0.0435. The first kappa shape index (κ1) is 19.9. The van der Waals surface area contributed by atoms with E-state index in [-0.39, 0.29) is 6.61 Å². The van der Waals surface area contributed by atoms with Gasteiger partial charge in [-0.2, -0.15) is 0 Å². The maximum absolute atomic E-state index is 12.9. The van der Waals surface area contributed by atoms with Crippen LogP contribution in [0.2, 0.25) is 10.0 Å².